The van der Waals surface area contributed by atoms with Gasteiger partial charge in [-0.15, -0.1) is 0 Å². The van der Waals surface area contributed by atoms with Crippen LogP contribution in [-0.2, 0) is 0 Å². The van der Waals surface area contributed by atoms with Gasteiger partial charge in [0.1, 0.15) is 5.69 Å². The molecule has 0 saturated carbocycles. The SMILES string of the molecule is CC(C)CCN(CCC(C)C)C(=O)c1ccn2nc(-c3ccc(Cl)cc3)c(/C=C/CN3CCCCC3)c2c1. The lowest BCUT2D eigenvalue weighted by atomic mass is 10.0. The highest BCUT2D eigenvalue weighted by molar-refractivity contribution is 6.30. The van der Waals surface area contributed by atoms with E-state index >= 15 is 0 Å². The number of piperidine rings is 1. The van der Waals surface area contributed by atoms with Crippen LogP contribution in [0, 0.1) is 11.8 Å². The van der Waals surface area contributed by atoms with Gasteiger partial charge in [-0.25, -0.2) is 4.52 Å². The molecule has 1 saturated heterocycles. The Bertz CT molecular complexity index is 1210. The van der Waals surface area contributed by atoms with Crippen LogP contribution in [0.2, 0.25) is 5.02 Å². The molecule has 1 aliphatic rings. The van der Waals surface area contributed by atoms with Gasteiger partial charge < -0.3 is 4.90 Å². The van der Waals surface area contributed by atoms with Crippen molar-refractivity contribution >= 4 is 29.1 Å². The van der Waals surface area contributed by atoms with Crippen LogP contribution in [-0.4, -0.2) is 58.0 Å². The molecule has 2 aromatic heterocycles. The molecule has 38 heavy (non-hydrogen) atoms. The summed E-state index contributed by atoms with van der Waals surface area (Å²) in [6.07, 6.45) is 12.2. The largest absolute Gasteiger partial charge is 0.339 e. The molecule has 4 rings (SSSR count). The van der Waals surface area contributed by atoms with Gasteiger partial charge in [-0.1, -0.05) is 70.0 Å². The van der Waals surface area contributed by atoms with Gasteiger partial charge >= 0.3 is 0 Å². The lowest BCUT2D eigenvalue weighted by Gasteiger charge is -2.25. The number of likely N-dealkylation sites (tertiary alicyclic amines) is 1. The molecule has 1 fully saturated rings. The van der Waals surface area contributed by atoms with Crippen molar-refractivity contribution in [1.82, 2.24) is 19.4 Å². The van der Waals surface area contributed by atoms with E-state index in [2.05, 4.69) is 44.7 Å². The molecule has 1 aromatic carbocycles. The number of amides is 1. The molecule has 0 unspecified atom stereocenters. The molecule has 6 heteroatoms. The first kappa shape index (κ1) is 28.4. The zero-order valence-corrected chi connectivity index (χ0v) is 24.3. The number of hydrogen-bond acceptors (Lipinski definition) is 3. The van der Waals surface area contributed by atoms with E-state index in [-0.39, 0.29) is 5.91 Å². The number of rotatable bonds is 11. The van der Waals surface area contributed by atoms with Crippen molar-refractivity contribution in [3.63, 3.8) is 0 Å². The van der Waals surface area contributed by atoms with E-state index in [1.807, 2.05) is 52.0 Å². The summed E-state index contributed by atoms with van der Waals surface area (Å²) in [4.78, 5) is 18.3. The summed E-state index contributed by atoms with van der Waals surface area (Å²) in [6, 6.07) is 11.8. The van der Waals surface area contributed by atoms with Crippen LogP contribution in [0.25, 0.3) is 22.9 Å². The van der Waals surface area contributed by atoms with Gasteiger partial charge in [0.05, 0.1) is 5.52 Å². The molecular formula is C32H43ClN4O. The molecular weight excluding hydrogens is 492 g/mol. The molecule has 0 atom stereocenters. The van der Waals surface area contributed by atoms with Crippen molar-refractivity contribution in [2.75, 3.05) is 32.7 Å². The predicted molar refractivity (Wildman–Crippen MR) is 160 cm³/mol. The number of hydrogen-bond donors (Lipinski definition) is 0. The third-order valence-electron chi connectivity index (χ3n) is 7.37. The summed E-state index contributed by atoms with van der Waals surface area (Å²) in [5.41, 5.74) is 4.62. The molecule has 204 valence electrons. The lowest BCUT2D eigenvalue weighted by molar-refractivity contribution is 0.0741. The maximum absolute atomic E-state index is 13.7. The van der Waals surface area contributed by atoms with E-state index in [4.69, 9.17) is 16.7 Å². The second-order valence-electron chi connectivity index (χ2n) is 11.4. The van der Waals surface area contributed by atoms with Crippen LogP contribution < -0.4 is 0 Å². The quantitative estimate of drug-likeness (QED) is 0.253. The third kappa shape index (κ3) is 7.48. The van der Waals surface area contributed by atoms with Crippen molar-refractivity contribution in [3.05, 3.63) is 64.8 Å². The van der Waals surface area contributed by atoms with Gasteiger partial charge in [0.2, 0.25) is 0 Å². The Morgan fingerprint density at radius 2 is 1.66 bits per heavy atom. The van der Waals surface area contributed by atoms with Crippen molar-refractivity contribution < 1.29 is 4.79 Å². The van der Waals surface area contributed by atoms with Crippen LogP contribution in [0.5, 0.6) is 0 Å². The summed E-state index contributed by atoms with van der Waals surface area (Å²) in [6.45, 7) is 13.7. The normalized spacial score (nSPS) is 14.8. The summed E-state index contributed by atoms with van der Waals surface area (Å²) < 4.78 is 1.90. The first-order valence-electron chi connectivity index (χ1n) is 14.3. The molecule has 0 radical (unpaired) electrons. The summed E-state index contributed by atoms with van der Waals surface area (Å²) in [5, 5.41) is 5.63. The van der Waals surface area contributed by atoms with Gasteiger partial charge in [0, 0.05) is 47.5 Å². The fourth-order valence-corrected chi connectivity index (χ4v) is 5.10. The highest BCUT2D eigenvalue weighted by Gasteiger charge is 2.20. The van der Waals surface area contributed by atoms with Gasteiger partial charge in [0.15, 0.2) is 0 Å². The van der Waals surface area contributed by atoms with Crippen LogP contribution in [0.15, 0.2) is 48.7 Å². The summed E-state index contributed by atoms with van der Waals surface area (Å²) in [5.74, 6) is 1.21. The average Bonchev–Trinajstić information content (AvgIpc) is 3.27. The maximum atomic E-state index is 13.7. The minimum atomic E-state index is 0.103. The van der Waals surface area contributed by atoms with E-state index in [0.717, 1.165) is 73.5 Å². The van der Waals surface area contributed by atoms with Crippen LogP contribution in [0.4, 0.5) is 0 Å². The van der Waals surface area contributed by atoms with Crippen molar-refractivity contribution in [2.24, 2.45) is 11.8 Å². The first-order valence-corrected chi connectivity index (χ1v) is 14.7. The highest BCUT2D eigenvalue weighted by Crippen LogP contribution is 2.29. The number of aromatic nitrogens is 2. The van der Waals surface area contributed by atoms with Crippen molar-refractivity contribution in [2.45, 2.75) is 59.8 Å². The summed E-state index contributed by atoms with van der Waals surface area (Å²) in [7, 11) is 0. The van der Waals surface area contributed by atoms with Crippen LogP contribution in [0.1, 0.15) is 75.7 Å². The Labute approximate surface area is 233 Å². The number of carbonyl (C=O) groups is 1. The number of halogens is 1. The molecule has 0 bridgehead atoms. The Morgan fingerprint density at radius 1 is 1.00 bits per heavy atom. The molecule has 3 heterocycles. The van der Waals surface area contributed by atoms with Crippen LogP contribution >= 0.6 is 11.6 Å². The van der Waals surface area contributed by atoms with Gasteiger partial charge in [-0.05, 0) is 74.9 Å². The van der Waals surface area contributed by atoms with Gasteiger partial charge in [-0.2, -0.15) is 5.10 Å². The molecule has 0 spiro atoms. The predicted octanol–water partition coefficient (Wildman–Crippen LogP) is 7.69. The van der Waals surface area contributed by atoms with E-state index < -0.39 is 0 Å². The Hall–Kier alpha value is -2.63. The van der Waals surface area contributed by atoms with Gasteiger partial charge in [-0.3, -0.25) is 9.69 Å². The topological polar surface area (TPSA) is 40.9 Å². The number of nitrogens with zero attached hydrogens (tertiary/aromatic N) is 4. The standard InChI is InChI=1S/C32H43ClN4O/c1-24(2)14-20-36(21-15-25(3)4)32(38)27-16-22-37-30(23-27)29(9-8-19-35-17-6-5-7-18-35)31(34-37)26-10-12-28(33)13-11-26/h8-13,16,22-25H,5-7,14-15,17-21H2,1-4H3/b9-8+. The Morgan fingerprint density at radius 3 is 2.29 bits per heavy atom. The zero-order chi connectivity index (χ0) is 27.1. The monoisotopic (exact) mass is 534 g/mol. The molecule has 1 amide bonds. The number of carbonyl (C=O) groups excluding carboxylic acids is 1. The molecule has 0 aliphatic carbocycles. The second-order valence-corrected chi connectivity index (χ2v) is 11.9. The Balaban J connectivity index is 1.68. The average molecular weight is 535 g/mol. The number of benzene rings is 1. The summed E-state index contributed by atoms with van der Waals surface area (Å²) >= 11 is 6.18. The minimum Gasteiger partial charge on any atom is -0.339 e. The first-order chi connectivity index (χ1) is 18.3. The van der Waals surface area contributed by atoms with E-state index in [1.165, 1.54) is 19.3 Å². The fourth-order valence-electron chi connectivity index (χ4n) is 4.97. The molecule has 0 N–H and O–H groups in total. The second kappa shape index (κ2) is 13.4. The molecule has 3 aromatic rings. The Kier molecular flexibility index (Phi) is 10.0. The maximum Gasteiger partial charge on any atom is 0.253 e. The van der Waals surface area contributed by atoms with E-state index in [9.17, 15) is 4.79 Å². The van der Waals surface area contributed by atoms with E-state index in [1.54, 1.807) is 0 Å². The smallest absolute Gasteiger partial charge is 0.253 e. The fraction of sp³-hybridized carbons (Fsp3) is 0.500. The number of pyridine rings is 1. The molecule has 5 nitrogen and oxygen atoms in total. The number of fused-ring (bicyclic) bond motifs is 1. The van der Waals surface area contributed by atoms with Crippen molar-refractivity contribution in [3.8, 4) is 11.3 Å². The third-order valence-corrected chi connectivity index (χ3v) is 7.63. The van der Waals surface area contributed by atoms with E-state index in [0.29, 0.717) is 16.9 Å². The highest BCUT2D eigenvalue weighted by atomic mass is 35.5. The van der Waals surface area contributed by atoms with Gasteiger partial charge in [0.25, 0.3) is 5.91 Å². The molecule has 1 aliphatic heterocycles. The van der Waals surface area contributed by atoms with Crippen molar-refractivity contribution in [1.29, 1.82) is 0 Å². The minimum absolute atomic E-state index is 0.103. The zero-order valence-electron chi connectivity index (χ0n) is 23.5. The van der Waals surface area contributed by atoms with Crippen LogP contribution in [0.3, 0.4) is 0 Å². The lowest BCUT2D eigenvalue weighted by Crippen LogP contribution is -2.34.